The van der Waals surface area contributed by atoms with Crippen LogP contribution in [0.2, 0.25) is 5.02 Å². The smallest absolute Gasteiger partial charge is 0.261 e. The van der Waals surface area contributed by atoms with Gasteiger partial charge in [0.25, 0.3) is 5.91 Å². The lowest BCUT2D eigenvalue weighted by Gasteiger charge is -2.45. The second-order valence-electron chi connectivity index (χ2n) is 7.39. The molecule has 0 spiro atoms. The summed E-state index contributed by atoms with van der Waals surface area (Å²) in [6.45, 7) is 3.72. The molecule has 0 heterocycles. The van der Waals surface area contributed by atoms with E-state index in [0.29, 0.717) is 28.6 Å². The van der Waals surface area contributed by atoms with Crippen molar-refractivity contribution in [1.29, 1.82) is 0 Å². The molecule has 3 rings (SSSR count). The van der Waals surface area contributed by atoms with E-state index in [2.05, 4.69) is 5.32 Å². The average Bonchev–Trinajstić information content (AvgIpc) is 2.51. The van der Waals surface area contributed by atoms with E-state index in [-0.39, 0.29) is 11.9 Å². The molecule has 2 fully saturated rings. The van der Waals surface area contributed by atoms with Gasteiger partial charge in [-0.1, -0.05) is 18.0 Å². The van der Waals surface area contributed by atoms with Gasteiger partial charge in [0, 0.05) is 17.1 Å². The van der Waals surface area contributed by atoms with Crippen LogP contribution in [0.4, 0.5) is 0 Å². The fraction of sp³-hybridized carbons (Fsp3) is 0.632. The Balaban J connectivity index is 1.60. The van der Waals surface area contributed by atoms with Crippen molar-refractivity contribution >= 4 is 17.5 Å². The Hall–Kier alpha value is -1.26. The Kier molecular flexibility index (Phi) is 5.36. The molecule has 132 valence electrons. The topological polar surface area (TPSA) is 64.3 Å². The van der Waals surface area contributed by atoms with Gasteiger partial charge in [-0.2, -0.15) is 0 Å². The number of fused-ring (bicyclic) bond motifs is 2. The normalized spacial score (nSPS) is 30.5. The highest BCUT2D eigenvalue weighted by Gasteiger charge is 2.40. The summed E-state index contributed by atoms with van der Waals surface area (Å²) in [6.07, 6.45) is 5.11. The molecule has 0 aliphatic heterocycles. The zero-order valence-corrected chi connectivity index (χ0v) is 15.2. The number of aryl methyl sites for hydroxylation is 1. The van der Waals surface area contributed by atoms with Gasteiger partial charge in [0.2, 0.25) is 0 Å². The second kappa shape index (κ2) is 7.32. The third-order valence-electron chi connectivity index (χ3n) is 5.50. The summed E-state index contributed by atoms with van der Waals surface area (Å²) < 4.78 is 5.80. The number of carbonyl (C=O) groups excluding carboxylic acids is 1. The largest absolute Gasteiger partial charge is 0.481 e. The van der Waals surface area contributed by atoms with Gasteiger partial charge in [-0.25, -0.2) is 0 Å². The van der Waals surface area contributed by atoms with Gasteiger partial charge in [-0.15, -0.1) is 0 Å². The molecule has 1 aromatic rings. The summed E-state index contributed by atoms with van der Waals surface area (Å²) in [4.78, 5) is 12.6. The van der Waals surface area contributed by atoms with Crippen molar-refractivity contribution in [3.05, 3.63) is 28.8 Å². The van der Waals surface area contributed by atoms with Crippen molar-refractivity contribution in [2.24, 2.45) is 17.6 Å². The first kappa shape index (κ1) is 17.6. The first-order valence-electron chi connectivity index (χ1n) is 8.93. The van der Waals surface area contributed by atoms with Crippen LogP contribution in [-0.2, 0) is 4.79 Å². The lowest BCUT2D eigenvalue weighted by Crippen LogP contribution is -2.55. The maximum Gasteiger partial charge on any atom is 0.261 e. The van der Waals surface area contributed by atoms with E-state index in [0.717, 1.165) is 18.4 Å². The third-order valence-corrected chi connectivity index (χ3v) is 5.92. The molecule has 2 saturated carbocycles. The molecule has 2 aliphatic rings. The minimum Gasteiger partial charge on any atom is -0.481 e. The monoisotopic (exact) mass is 350 g/mol. The summed E-state index contributed by atoms with van der Waals surface area (Å²) in [6, 6.07) is 6.00. The lowest BCUT2D eigenvalue weighted by atomic mass is 9.67. The van der Waals surface area contributed by atoms with Gasteiger partial charge >= 0.3 is 0 Å². The van der Waals surface area contributed by atoms with Crippen molar-refractivity contribution in [3.63, 3.8) is 0 Å². The number of nitrogens with two attached hydrogens (primary N) is 1. The van der Waals surface area contributed by atoms with E-state index in [1.54, 1.807) is 19.1 Å². The van der Waals surface area contributed by atoms with Crippen LogP contribution in [0, 0.1) is 18.8 Å². The summed E-state index contributed by atoms with van der Waals surface area (Å²) in [5.74, 6) is 1.66. The van der Waals surface area contributed by atoms with Crippen molar-refractivity contribution in [2.45, 2.75) is 64.1 Å². The van der Waals surface area contributed by atoms with E-state index in [9.17, 15) is 4.79 Å². The van der Waals surface area contributed by atoms with Crippen LogP contribution in [0.15, 0.2) is 18.2 Å². The van der Waals surface area contributed by atoms with Crippen molar-refractivity contribution in [3.8, 4) is 5.75 Å². The molecule has 0 aromatic heterocycles. The van der Waals surface area contributed by atoms with Gasteiger partial charge in [-0.3, -0.25) is 4.79 Å². The molecule has 4 nitrogen and oxygen atoms in total. The zero-order chi connectivity index (χ0) is 17.3. The standard InChI is InChI=1S/C19H27ClN2O2/c1-11-8-16(6-7-17(11)20)24-12(2)19(23)22-18-13-4-3-5-14(18)10-15(21)9-13/h6-8,12-15,18H,3-5,9-10,21H2,1-2H3,(H,22,23). The van der Waals surface area contributed by atoms with Gasteiger partial charge in [0.05, 0.1) is 0 Å². The van der Waals surface area contributed by atoms with Crippen molar-refractivity contribution in [2.75, 3.05) is 0 Å². The summed E-state index contributed by atoms with van der Waals surface area (Å²) in [7, 11) is 0. The summed E-state index contributed by atoms with van der Waals surface area (Å²) in [5.41, 5.74) is 7.10. The highest BCUT2D eigenvalue weighted by atomic mass is 35.5. The maximum atomic E-state index is 12.6. The SMILES string of the molecule is Cc1cc(OC(C)C(=O)NC2C3CCCC2CC(N)C3)ccc1Cl. The van der Waals surface area contributed by atoms with Crippen LogP contribution in [-0.4, -0.2) is 24.1 Å². The van der Waals surface area contributed by atoms with E-state index in [1.165, 1.54) is 19.3 Å². The Morgan fingerprint density at radius 1 is 1.33 bits per heavy atom. The van der Waals surface area contributed by atoms with Crippen molar-refractivity contribution < 1.29 is 9.53 Å². The molecule has 1 amide bonds. The Morgan fingerprint density at radius 2 is 2.00 bits per heavy atom. The minimum absolute atomic E-state index is 0.0417. The predicted molar refractivity (Wildman–Crippen MR) is 96.3 cm³/mol. The number of halogens is 1. The number of rotatable bonds is 4. The van der Waals surface area contributed by atoms with E-state index in [4.69, 9.17) is 22.1 Å². The predicted octanol–water partition coefficient (Wildman–Crippen LogP) is 3.44. The van der Waals surface area contributed by atoms with Gasteiger partial charge in [-0.05, 0) is 75.1 Å². The van der Waals surface area contributed by atoms with Gasteiger partial charge < -0.3 is 15.8 Å². The summed E-state index contributed by atoms with van der Waals surface area (Å²) in [5, 5.41) is 3.94. The van der Waals surface area contributed by atoms with Crippen LogP contribution in [0.25, 0.3) is 0 Å². The number of ether oxygens (including phenoxy) is 1. The molecule has 0 radical (unpaired) electrons. The lowest BCUT2D eigenvalue weighted by molar-refractivity contribution is -0.129. The molecule has 2 aliphatic carbocycles. The zero-order valence-electron chi connectivity index (χ0n) is 14.4. The molecule has 3 atom stereocenters. The van der Waals surface area contributed by atoms with Crippen LogP contribution in [0.5, 0.6) is 5.75 Å². The highest BCUT2D eigenvalue weighted by molar-refractivity contribution is 6.31. The first-order chi connectivity index (χ1) is 11.4. The number of nitrogens with one attached hydrogen (secondary N) is 1. The number of hydrogen-bond acceptors (Lipinski definition) is 3. The summed E-state index contributed by atoms with van der Waals surface area (Å²) >= 11 is 6.03. The Bertz CT molecular complexity index is 593. The molecule has 3 unspecified atom stereocenters. The molecule has 1 aromatic carbocycles. The number of hydrogen-bond donors (Lipinski definition) is 2. The third kappa shape index (κ3) is 3.86. The molecule has 2 bridgehead atoms. The van der Waals surface area contributed by atoms with Gasteiger partial charge in [0.15, 0.2) is 6.10 Å². The molecule has 24 heavy (non-hydrogen) atoms. The minimum atomic E-state index is -0.526. The number of carbonyl (C=O) groups is 1. The van der Waals surface area contributed by atoms with E-state index in [1.807, 2.05) is 13.0 Å². The quantitative estimate of drug-likeness (QED) is 0.874. The first-order valence-corrected chi connectivity index (χ1v) is 9.30. The fourth-order valence-electron chi connectivity index (χ4n) is 4.25. The fourth-order valence-corrected chi connectivity index (χ4v) is 4.37. The van der Waals surface area contributed by atoms with Crippen LogP contribution in [0.3, 0.4) is 0 Å². The highest BCUT2D eigenvalue weighted by Crippen LogP contribution is 2.39. The Morgan fingerprint density at radius 3 is 2.62 bits per heavy atom. The van der Waals surface area contributed by atoms with E-state index >= 15 is 0 Å². The van der Waals surface area contributed by atoms with Gasteiger partial charge in [0.1, 0.15) is 5.75 Å². The number of benzene rings is 1. The Labute approximate surface area is 149 Å². The van der Waals surface area contributed by atoms with Crippen LogP contribution in [0.1, 0.15) is 44.6 Å². The maximum absolute atomic E-state index is 12.6. The average molecular weight is 351 g/mol. The van der Waals surface area contributed by atoms with E-state index < -0.39 is 6.10 Å². The van der Waals surface area contributed by atoms with Crippen LogP contribution >= 0.6 is 11.6 Å². The molecule has 3 N–H and O–H groups in total. The molecule has 5 heteroatoms. The molecular formula is C19H27ClN2O2. The number of amides is 1. The molecule has 0 saturated heterocycles. The van der Waals surface area contributed by atoms with Crippen LogP contribution < -0.4 is 15.8 Å². The van der Waals surface area contributed by atoms with Crippen molar-refractivity contribution in [1.82, 2.24) is 5.32 Å². The second-order valence-corrected chi connectivity index (χ2v) is 7.80. The molecular weight excluding hydrogens is 324 g/mol.